The molecule has 2 aliphatic rings. The normalized spacial score (nSPS) is 18.2. The maximum absolute atomic E-state index is 11.4. The van der Waals surface area contributed by atoms with Crippen LogP contribution in [0.2, 0.25) is 0 Å². The highest BCUT2D eigenvalue weighted by molar-refractivity contribution is 5.95. The van der Waals surface area contributed by atoms with Crippen molar-refractivity contribution in [1.82, 2.24) is 0 Å². The van der Waals surface area contributed by atoms with E-state index in [4.69, 9.17) is 4.74 Å². The van der Waals surface area contributed by atoms with Gasteiger partial charge in [0.25, 0.3) is 0 Å². The number of fused-ring (bicyclic) bond motifs is 3. The molecule has 3 rings (SSSR count). The fourth-order valence-corrected chi connectivity index (χ4v) is 2.60. The van der Waals surface area contributed by atoms with Gasteiger partial charge in [-0.2, -0.15) is 0 Å². The van der Waals surface area contributed by atoms with Gasteiger partial charge >= 0.3 is 0 Å². The van der Waals surface area contributed by atoms with Gasteiger partial charge < -0.3 is 10.1 Å². The molecule has 2 heterocycles. The summed E-state index contributed by atoms with van der Waals surface area (Å²) in [5, 5.41) is 2.96. The van der Waals surface area contributed by atoms with Gasteiger partial charge in [0.05, 0.1) is 12.3 Å². The maximum Gasteiger partial charge on any atom is 0.224 e. The van der Waals surface area contributed by atoms with Gasteiger partial charge in [0.1, 0.15) is 5.75 Å². The van der Waals surface area contributed by atoms with Crippen LogP contribution in [-0.4, -0.2) is 12.5 Å². The highest BCUT2D eigenvalue weighted by Crippen LogP contribution is 2.39. The number of amides is 1. The number of benzene rings is 1. The van der Waals surface area contributed by atoms with Crippen molar-refractivity contribution in [3.8, 4) is 5.75 Å². The highest BCUT2D eigenvalue weighted by atomic mass is 16.5. The van der Waals surface area contributed by atoms with E-state index in [1.807, 2.05) is 0 Å². The molecule has 0 saturated carbocycles. The van der Waals surface area contributed by atoms with E-state index in [1.165, 1.54) is 11.1 Å². The summed E-state index contributed by atoms with van der Waals surface area (Å²) in [5.74, 6) is 1.15. The smallest absolute Gasteiger partial charge is 0.224 e. The molecule has 3 nitrogen and oxygen atoms in total. The molecule has 16 heavy (non-hydrogen) atoms. The lowest BCUT2D eigenvalue weighted by Gasteiger charge is -2.27. The van der Waals surface area contributed by atoms with E-state index in [1.54, 1.807) is 0 Å². The Morgan fingerprint density at radius 3 is 3.06 bits per heavy atom. The van der Waals surface area contributed by atoms with Crippen LogP contribution >= 0.6 is 0 Å². The Balaban J connectivity index is 2.17. The van der Waals surface area contributed by atoms with Gasteiger partial charge in [-0.25, -0.2) is 0 Å². The second-order valence-corrected chi connectivity index (χ2v) is 4.54. The van der Waals surface area contributed by atoms with Crippen molar-refractivity contribution in [2.24, 2.45) is 0 Å². The van der Waals surface area contributed by atoms with E-state index in [9.17, 15) is 4.79 Å². The number of carbonyl (C=O) groups excluding carboxylic acids is 1. The number of aryl methyl sites for hydroxylation is 2. The summed E-state index contributed by atoms with van der Waals surface area (Å²) in [4.78, 5) is 11.4. The van der Waals surface area contributed by atoms with Gasteiger partial charge in [-0.1, -0.05) is 6.07 Å². The molecule has 0 radical (unpaired) electrons. The Morgan fingerprint density at radius 2 is 2.19 bits per heavy atom. The number of nitrogens with one attached hydrogen (secondary N) is 1. The van der Waals surface area contributed by atoms with Gasteiger partial charge in [-0.15, -0.1) is 0 Å². The topological polar surface area (TPSA) is 38.3 Å². The molecular formula is C13H15NO2. The fourth-order valence-electron chi connectivity index (χ4n) is 2.60. The first-order chi connectivity index (χ1) is 7.75. The van der Waals surface area contributed by atoms with Crippen LogP contribution in [-0.2, 0) is 17.6 Å². The third-order valence-electron chi connectivity index (χ3n) is 3.36. The first kappa shape index (κ1) is 9.70. The van der Waals surface area contributed by atoms with E-state index in [2.05, 4.69) is 18.3 Å². The summed E-state index contributed by atoms with van der Waals surface area (Å²) >= 11 is 0. The Morgan fingerprint density at radius 1 is 1.31 bits per heavy atom. The largest absolute Gasteiger partial charge is 0.493 e. The maximum atomic E-state index is 11.4. The van der Waals surface area contributed by atoms with Crippen molar-refractivity contribution >= 4 is 11.6 Å². The van der Waals surface area contributed by atoms with Crippen molar-refractivity contribution in [3.05, 3.63) is 22.8 Å². The zero-order valence-corrected chi connectivity index (χ0v) is 9.43. The molecule has 0 aromatic heterocycles. The SMILES string of the molecule is Cc1cc2c(c3c1NC(=O)CC3)OCCC2. The monoisotopic (exact) mass is 217 g/mol. The van der Waals surface area contributed by atoms with Crippen molar-refractivity contribution < 1.29 is 9.53 Å². The molecule has 1 aromatic carbocycles. The molecule has 0 unspecified atom stereocenters. The Hall–Kier alpha value is -1.51. The van der Waals surface area contributed by atoms with Crippen LogP contribution in [0.3, 0.4) is 0 Å². The number of anilines is 1. The lowest BCUT2D eigenvalue weighted by atomic mass is 9.92. The van der Waals surface area contributed by atoms with E-state index >= 15 is 0 Å². The molecule has 2 aliphatic heterocycles. The number of ether oxygens (including phenoxy) is 1. The lowest BCUT2D eigenvalue weighted by Crippen LogP contribution is -2.22. The van der Waals surface area contributed by atoms with E-state index in [0.717, 1.165) is 42.9 Å². The minimum Gasteiger partial charge on any atom is -0.493 e. The molecule has 1 aromatic rings. The Bertz CT molecular complexity index is 465. The summed E-state index contributed by atoms with van der Waals surface area (Å²) in [7, 11) is 0. The molecule has 3 heteroatoms. The summed E-state index contributed by atoms with van der Waals surface area (Å²) in [5.41, 5.74) is 4.65. The minimum atomic E-state index is 0.117. The third kappa shape index (κ3) is 1.39. The first-order valence-electron chi connectivity index (χ1n) is 5.83. The Labute approximate surface area is 94.8 Å². The van der Waals surface area contributed by atoms with Crippen molar-refractivity contribution in [2.75, 3.05) is 11.9 Å². The van der Waals surface area contributed by atoms with E-state index < -0.39 is 0 Å². The second-order valence-electron chi connectivity index (χ2n) is 4.54. The van der Waals surface area contributed by atoms with Gasteiger partial charge in [0.2, 0.25) is 5.91 Å². The molecule has 84 valence electrons. The summed E-state index contributed by atoms with van der Waals surface area (Å²) in [6.07, 6.45) is 3.58. The average Bonchev–Trinajstić information content (AvgIpc) is 2.29. The first-order valence-corrected chi connectivity index (χ1v) is 5.83. The average molecular weight is 217 g/mol. The summed E-state index contributed by atoms with van der Waals surface area (Å²) < 4.78 is 5.76. The zero-order valence-electron chi connectivity index (χ0n) is 9.43. The highest BCUT2D eigenvalue weighted by Gasteiger charge is 2.24. The molecule has 0 atom stereocenters. The van der Waals surface area contributed by atoms with Crippen LogP contribution in [0.15, 0.2) is 6.07 Å². The second kappa shape index (κ2) is 3.51. The third-order valence-corrected chi connectivity index (χ3v) is 3.36. The van der Waals surface area contributed by atoms with E-state index in [0.29, 0.717) is 6.42 Å². The van der Waals surface area contributed by atoms with Crippen LogP contribution < -0.4 is 10.1 Å². The molecule has 0 bridgehead atoms. The predicted molar refractivity (Wildman–Crippen MR) is 61.9 cm³/mol. The molecule has 0 aliphatic carbocycles. The Kier molecular flexibility index (Phi) is 2.13. The van der Waals surface area contributed by atoms with Gasteiger partial charge in [-0.05, 0) is 37.3 Å². The van der Waals surface area contributed by atoms with Crippen molar-refractivity contribution in [2.45, 2.75) is 32.6 Å². The van der Waals surface area contributed by atoms with Gasteiger partial charge in [0.15, 0.2) is 0 Å². The van der Waals surface area contributed by atoms with Crippen molar-refractivity contribution in [3.63, 3.8) is 0 Å². The van der Waals surface area contributed by atoms with Crippen LogP contribution in [0.1, 0.15) is 29.5 Å². The number of hydrogen-bond acceptors (Lipinski definition) is 2. The molecule has 1 N–H and O–H groups in total. The van der Waals surface area contributed by atoms with Crippen LogP contribution in [0.5, 0.6) is 5.75 Å². The standard InChI is InChI=1S/C13H15NO2/c1-8-7-9-3-2-6-16-13(9)10-4-5-11(15)14-12(8)10/h7H,2-6H2,1H3,(H,14,15). The van der Waals surface area contributed by atoms with Gasteiger partial charge in [-0.3, -0.25) is 4.79 Å². The fraction of sp³-hybridized carbons (Fsp3) is 0.462. The van der Waals surface area contributed by atoms with Crippen LogP contribution in [0.25, 0.3) is 0 Å². The molecule has 0 saturated heterocycles. The van der Waals surface area contributed by atoms with Gasteiger partial charge in [0, 0.05) is 12.0 Å². The molecular weight excluding hydrogens is 202 g/mol. The number of carbonyl (C=O) groups is 1. The predicted octanol–water partition coefficient (Wildman–Crippen LogP) is 2.20. The summed E-state index contributed by atoms with van der Waals surface area (Å²) in [6, 6.07) is 2.15. The lowest BCUT2D eigenvalue weighted by molar-refractivity contribution is -0.116. The molecule has 0 fully saturated rings. The van der Waals surface area contributed by atoms with E-state index in [-0.39, 0.29) is 5.91 Å². The zero-order chi connectivity index (χ0) is 11.1. The quantitative estimate of drug-likeness (QED) is 0.723. The number of hydrogen-bond donors (Lipinski definition) is 1. The summed E-state index contributed by atoms with van der Waals surface area (Å²) in [6.45, 7) is 2.86. The molecule has 1 amide bonds. The van der Waals surface area contributed by atoms with Crippen LogP contribution in [0.4, 0.5) is 5.69 Å². The van der Waals surface area contributed by atoms with Crippen LogP contribution in [0, 0.1) is 6.92 Å². The van der Waals surface area contributed by atoms with Crippen molar-refractivity contribution in [1.29, 1.82) is 0 Å². The minimum absolute atomic E-state index is 0.117. The number of rotatable bonds is 0. The molecule has 0 spiro atoms.